The van der Waals surface area contributed by atoms with Gasteiger partial charge in [-0.2, -0.15) is 11.8 Å². The summed E-state index contributed by atoms with van der Waals surface area (Å²) in [6.45, 7) is 5.16. The van der Waals surface area contributed by atoms with Gasteiger partial charge in [0.05, 0.1) is 6.10 Å². The highest BCUT2D eigenvalue weighted by Crippen LogP contribution is 2.52. The number of amides is 2. The Morgan fingerprint density at radius 2 is 2.27 bits per heavy atom. The molecule has 1 aromatic rings. The average molecular weight is 320 g/mol. The van der Waals surface area contributed by atoms with E-state index in [1.807, 2.05) is 18.2 Å². The van der Waals surface area contributed by atoms with Crippen LogP contribution in [0.15, 0.2) is 24.3 Å². The monoisotopic (exact) mass is 320 g/mol. The fourth-order valence-electron chi connectivity index (χ4n) is 3.83. The smallest absolute Gasteiger partial charge is 0.319 e. The van der Waals surface area contributed by atoms with Gasteiger partial charge in [-0.15, -0.1) is 0 Å². The second kappa shape index (κ2) is 6.13. The lowest BCUT2D eigenvalue weighted by Crippen LogP contribution is -2.67. The Labute approximate surface area is 136 Å². The van der Waals surface area contributed by atoms with Crippen LogP contribution in [0.4, 0.5) is 10.5 Å². The SMILES string of the molecule is CSCc1cccc(NC(=O)N[C@@H]2[C@@H]3CCO[C@@H]3C2(C)C)c1. The number of rotatable bonds is 4. The molecular formula is C17H24N2O2S. The quantitative estimate of drug-likeness (QED) is 0.893. The summed E-state index contributed by atoms with van der Waals surface area (Å²) in [6.07, 6.45) is 3.41. The number of ether oxygens (including phenoxy) is 1. The van der Waals surface area contributed by atoms with Crippen LogP contribution in [-0.4, -0.2) is 31.0 Å². The molecule has 2 aliphatic rings. The highest BCUT2D eigenvalue weighted by Gasteiger charge is 2.59. The van der Waals surface area contributed by atoms with Crippen LogP contribution < -0.4 is 10.6 Å². The van der Waals surface area contributed by atoms with Crippen molar-refractivity contribution in [1.82, 2.24) is 5.32 Å². The van der Waals surface area contributed by atoms with E-state index >= 15 is 0 Å². The summed E-state index contributed by atoms with van der Waals surface area (Å²) in [5.41, 5.74) is 2.08. The first kappa shape index (κ1) is 15.7. The van der Waals surface area contributed by atoms with Gasteiger partial charge in [-0.3, -0.25) is 0 Å². The third-order valence-electron chi connectivity index (χ3n) is 4.88. The van der Waals surface area contributed by atoms with Gasteiger partial charge in [-0.05, 0) is 30.4 Å². The lowest BCUT2D eigenvalue weighted by atomic mass is 9.57. The molecule has 0 spiro atoms. The van der Waals surface area contributed by atoms with Crippen LogP contribution >= 0.6 is 11.8 Å². The number of carbonyl (C=O) groups excluding carboxylic acids is 1. The molecule has 2 amide bonds. The largest absolute Gasteiger partial charge is 0.377 e. The molecule has 4 nitrogen and oxygen atoms in total. The van der Waals surface area contributed by atoms with Crippen molar-refractivity contribution in [3.8, 4) is 0 Å². The van der Waals surface area contributed by atoms with Crippen LogP contribution in [0.3, 0.4) is 0 Å². The molecule has 3 atom stereocenters. The Morgan fingerprint density at radius 3 is 3.05 bits per heavy atom. The molecule has 1 aliphatic carbocycles. The van der Waals surface area contributed by atoms with Gasteiger partial charge in [0.2, 0.25) is 0 Å². The standard InChI is InChI=1S/C17H24N2O2S/c1-17(2)14(13-7-8-21-15(13)17)19-16(20)18-12-6-4-5-11(9-12)10-22-3/h4-6,9,13-15H,7-8,10H2,1-3H3,(H2,18,19,20)/t13-,14+,15-/m0/s1. The van der Waals surface area contributed by atoms with Crippen molar-refractivity contribution in [3.05, 3.63) is 29.8 Å². The number of hydrogen-bond donors (Lipinski definition) is 2. The van der Waals surface area contributed by atoms with Crippen molar-refractivity contribution in [2.24, 2.45) is 11.3 Å². The van der Waals surface area contributed by atoms with Crippen LogP contribution in [0.5, 0.6) is 0 Å². The van der Waals surface area contributed by atoms with Crippen LogP contribution in [0, 0.1) is 11.3 Å². The highest BCUT2D eigenvalue weighted by atomic mass is 32.2. The summed E-state index contributed by atoms with van der Waals surface area (Å²) in [4.78, 5) is 12.3. The molecule has 0 bridgehead atoms. The fourth-order valence-corrected chi connectivity index (χ4v) is 4.34. The molecule has 22 heavy (non-hydrogen) atoms. The van der Waals surface area contributed by atoms with Gasteiger partial charge in [0.1, 0.15) is 0 Å². The Bertz CT molecular complexity index is 561. The van der Waals surface area contributed by atoms with E-state index in [4.69, 9.17) is 4.74 Å². The van der Waals surface area contributed by atoms with Crippen molar-refractivity contribution in [2.75, 3.05) is 18.2 Å². The van der Waals surface area contributed by atoms with E-state index in [9.17, 15) is 4.79 Å². The number of hydrogen-bond acceptors (Lipinski definition) is 3. The lowest BCUT2D eigenvalue weighted by molar-refractivity contribution is -0.107. The maximum Gasteiger partial charge on any atom is 0.319 e. The predicted molar refractivity (Wildman–Crippen MR) is 91.2 cm³/mol. The van der Waals surface area contributed by atoms with Crippen LogP contribution in [0.2, 0.25) is 0 Å². The minimum Gasteiger partial charge on any atom is -0.377 e. The molecule has 1 aromatic carbocycles. The molecule has 2 fully saturated rings. The van der Waals surface area contributed by atoms with Crippen LogP contribution in [0.25, 0.3) is 0 Å². The molecule has 0 radical (unpaired) electrons. The molecule has 1 saturated carbocycles. The second-order valence-corrected chi connectivity index (χ2v) is 7.64. The number of benzene rings is 1. The lowest BCUT2D eigenvalue weighted by Gasteiger charge is -2.54. The van der Waals surface area contributed by atoms with Crippen molar-refractivity contribution < 1.29 is 9.53 Å². The first-order chi connectivity index (χ1) is 10.5. The van der Waals surface area contributed by atoms with E-state index < -0.39 is 0 Å². The number of urea groups is 1. The predicted octanol–water partition coefficient (Wildman–Crippen LogP) is 3.48. The van der Waals surface area contributed by atoms with E-state index in [1.54, 1.807) is 11.8 Å². The van der Waals surface area contributed by atoms with E-state index in [1.165, 1.54) is 5.56 Å². The zero-order chi connectivity index (χ0) is 15.7. The van der Waals surface area contributed by atoms with Gasteiger partial charge >= 0.3 is 6.03 Å². The number of fused-ring (bicyclic) bond motifs is 1. The Kier molecular flexibility index (Phi) is 4.37. The Hall–Kier alpha value is -1.20. The molecule has 1 aliphatic heterocycles. The minimum atomic E-state index is -0.121. The van der Waals surface area contributed by atoms with Gasteiger partial charge in [0.15, 0.2) is 0 Å². The fraction of sp³-hybridized carbons (Fsp3) is 0.588. The molecular weight excluding hydrogens is 296 g/mol. The van der Waals surface area contributed by atoms with Crippen LogP contribution in [-0.2, 0) is 10.5 Å². The maximum absolute atomic E-state index is 12.3. The summed E-state index contributed by atoms with van der Waals surface area (Å²) in [7, 11) is 0. The third-order valence-corrected chi connectivity index (χ3v) is 5.50. The number of nitrogens with one attached hydrogen (secondary N) is 2. The number of carbonyl (C=O) groups is 1. The first-order valence-corrected chi connectivity index (χ1v) is 9.19. The summed E-state index contributed by atoms with van der Waals surface area (Å²) >= 11 is 1.77. The summed E-state index contributed by atoms with van der Waals surface area (Å²) < 4.78 is 5.77. The zero-order valence-corrected chi connectivity index (χ0v) is 14.2. The Morgan fingerprint density at radius 1 is 1.45 bits per heavy atom. The van der Waals surface area contributed by atoms with Gasteiger partial charge in [-0.25, -0.2) is 4.79 Å². The molecule has 0 unspecified atom stereocenters. The average Bonchev–Trinajstić information content (AvgIpc) is 2.92. The molecule has 2 N–H and O–H groups in total. The summed E-state index contributed by atoms with van der Waals surface area (Å²) in [6, 6.07) is 8.09. The van der Waals surface area contributed by atoms with Gasteiger partial charge in [0, 0.05) is 35.4 Å². The molecule has 0 aromatic heterocycles. The normalized spacial score (nSPS) is 28.6. The first-order valence-electron chi connectivity index (χ1n) is 7.79. The number of thioether (sulfide) groups is 1. The van der Waals surface area contributed by atoms with Gasteiger partial charge < -0.3 is 15.4 Å². The number of anilines is 1. The molecule has 1 saturated heterocycles. The van der Waals surface area contributed by atoms with Crippen molar-refractivity contribution >= 4 is 23.5 Å². The van der Waals surface area contributed by atoms with Crippen molar-refractivity contribution in [3.63, 3.8) is 0 Å². The summed E-state index contributed by atoms with van der Waals surface area (Å²) in [5, 5.41) is 6.10. The minimum absolute atomic E-state index is 0.0131. The molecule has 1 heterocycles. The molecule has 120 valence electrons. The topological polar surface area (TPSA) is 50.4 Å². The third kappa shape index (κ3) is 2.84. The second-order valence-electron chi connectivity index (χ2n) is 6.77. The van der Waals surface area contributed by atoms with E-state index in [0.717, 1.165) is 24.5 Å². The van der Waals surface area contributed by atoms with E-state index in [0.29, 0.717) is 12.0 Å². The highest BCUT2D eigenvalue weighted by molar-refractivity contribution is 7.97. The van der Waals surface area contributed by atoms with Gasteiger partial charge in [0.25, 0.3) is 0 Å². The van der Waals surface area contributed by atoms with Gasteiger partial charge in [-0.1, -0.05) is 26.0 Å². The van der Waals surface area contributed by atoms with Crippen molar-refractivity contribution in [2.45, 2.75) is 38.2 Å². The zero-order valence-electron chi connectivity index (χ0n) is 13.4. The molecule has 5 heteroatoms. The maximum atomic E-state index is 12.3. The van der Waals surface area contributed by atoms with Crippen LogP contribution in [0.1, 0.15) is 25.8 Å². The van der Waals surface area contributed by atoms with E-state index in [2.05, 4.69) is 36.8 Å². The van der Waals surface area contributed by atoms with E-state index in [-0.39, 0.29) is 17.5 Å². The molecule has 3 rings (SSSR count). The van der Waals surface area contributed by atoms with Crippen molar-refractivity contribution in [1.29, 1.82) is 0 Å². The Balaban J connectivity index is 1.60. The summed E-state index contributed by atoms with van der Waals surface area (Å²) in [5.74, 6) is 1.41.